The van der Waals surface area contributed by atoms with E-state index in [0.29, 0.717) is 6.61 Å². The van der Waals surface area contributed by atoms with Crippen molar-refractivity contribution in [3.63, 3.8) is 0 Å². The van der Waals surface area contributed by atoms with Crippen molar-refractivity contribution in [1.82, 2.24) is 19.6 Å². The van der Waals surface area contributed by atoms with Crippen LogP contribution in [-0.4, -0.2) is 31.4 Å². The number of hydrogen-bond donors (Lipinski definition) is 0. The zero-order chi connectivity index (χ0) is 21.9. The number of ether oxygens (including phenoxy) is 1. The molecule has 0 atom stereocenters. The summed E-state index contributed by atoms with van der Waals surface area (Å²) < 4.78 is 8.18. The maximum atomic E-state index is 6.04. The minimum Gasteiger partial charge on any atom is -0.370 e. The Morgan fingerprint density at radius 1 is 1.09 bits per heavy atom. The number of thioether (sulfide) groups is 2. The molecule has 1 aliphatic rings. The van der Waals surface area contributed by atoms with Crippen LogP contribution in [0.4, 0.5) is 0 Å². The van der Waals surface area contributed by atoms with E-state index in [1.165, 1.54) is 26.8 Å². The molecule has 5 aromatic rings. The van der Waals surface area contributed by atoms with Crippen LogP contribution < -0.4 is 0 Å². The SMILES string of the molecule is CSc1nc2sc3c(c2c2nnc(SCc4ccc5ccccc5c4)n12)CC(C)(C)OC3. The fourth-order valence-electron chi connectivity index (χ4n) is 4.30. The first-order valence-electron chi connectivity index (χ1n) is 10.5. The summed E-state index contributed by atoms with van der Waals surface area (Å²) in [4.78, 5) is 7.30. The third kappa shape index (κ3) is 3.41. The predicted molar refractivity (Wildman–Crippen MR) is 134 cm³/mol. The van der Waals surface area contributed by atoms with Gasteiger partial charge in [-0.2, -0.15) is 0 Å². The van der Waals surface area contributed by atoms with Crippen LogP contribution >= 0.6 is 34.9 Å². The fraction of sp³-hybridized carbons (Fsp3) is 0.292. The van der Waals surface area contributed by atoms with Crippen molar-refractivity contribution in [1.29, 1.82) is 0 Å². The average molecular weight is 479 g/mol. The van der Waals surface area contributed by atoms with E-state index in [2.05, 4.69) is 77.2 Å². The van der Waals surface area contributed by atoms with E-state index in [9.17, 15) is 0 Å². The summed E-state index contributed by atoms with van der Waals surface area (Å²) in [6.45, 7) is 4.94. The highest BCUT2D eigenvalue weighted by Crippen LogP contribution is 2.41. The zero-order valence-corrected chi connectivity index (χ0v) is 20.5. The van der Waals surface area contributed by atoms with Crippen LogP contribution in [0.15, 0.2) is 52.8 Å². The van der Waals surface area contributed by atoms with Gasteiger partial charge < -0.3 is 4.74 Å². The van der Waals surface area contributed by atoms with E-state index < -0.39 is 0 Å². The highest BCUT2D eigenvalue weighted by Gasteiger charge is 2.31. The second-order valence-corrected chi connectivity index (χ2v) is 11.4. The van der Waals surface area contributed by atoms with Gasteiger partial charge in [0.2, 0.25) is 0 Å². The highest BCUT2D eigenvalue weighted by molar-refractivity contribution is 7.99. The molecule has 0 saturated heterocycles. The molecule has 32 heavy (non-hydrogen) atoms. The molecule has 0 bridgehead atoms. The number of nitrogens with zero attached hydrogens (tertiary/aromatic N) is 4. The van der Waals surface area contributed by atoms with Gasteiger partial charge in [0.15, 0.2) is 16.0 Å². The molecule has 4 heterocycles. The molecule has 0 saturated carbocycles. The van der Waals surface area contributed by atoms with Crippen molar-refractivity contribution in [2.24, 2.45) is 0 Å². The largest absolute Gasteiger partial charge is 0.370 e. The van der Waals surface area contributed by atoms with Gasteiger partial charge >= 0.3 is 0 Å². The van der Waals surface area contributed by atoms with Crippen molar-refractivity contribution in [2.75, 3.05) is 6.26 Å². The number of fused-ring (bicyclic) bond motifs is 6. The van der Waals surface area contributed by atoms with Gasteiger partial charge in [-0.15, -0.1) is 21.5 Å². The third-order valence-corrected chi connectivity index (χ3v) is 8.62. The maximum Gasteiger partial charge on any atom is 0.198 e. The molecule has 8 heteroatoms. The minimum atomic E-state index is -0.177. The molecule has 0 fully saturated rings. The van der Waals surface area contributed by atoms with Crippen LogP contribution in [0.25, 0.3) is 26.6 Å². The van der Waals surface area contributed by atoms with Crippen molar-refractivity contribution in [2.45, 2.75) is 48.5 Å². The average Bonchev–Trinajstić information content (AvgIpc) is 3.37. The molecular formula is C24H22N4OS3. The lowest BCUT2D eigenvalue weighted by Gasteiger charge is -2.30. The minimum absolute atomic E-state index is 0.177. The molecule has 0 amide bonds. The molecule has 0 N–H and O–H groups in total. The number of hydrogen-bond acceptors (Lipinski definition) is 7. The lowest BCUT2D eigenvalue weighted by molar-refractivity contribution is -0.0379. The van der Waals surface area contributed by atoms with Crippen molar-refractivity contribution in [3.8, 4) is 0 Å². The smallest absolute Gasteiger partial charge is 0.198 e. The Morgan fingerprint density at radius 2 is 1.94 bits per heavy atom. The first kappa shape index (κ1) is 20.5. The quantitative estimate of drug-likeness (QED) is 0.221. The molecular weight excluding hydrogens is 456 g/mol. The normalized spacial score (nSPS) is 15.6. The molecule has 162 valence electrons. The molecule has 5 nitrogen and oxygen atoms in total. The standard InChI is InChI=1S/C24H22N4OS3/c1-24(2)11-17-18(12-29-24)32-21-19(17)20-26-27-23(28(20)22(25-21)30-3)31-13-14-8-9-15-6-4-5-7-16(15)10-14/h4-10H,11-13H2,1-3H3. The van der Waals surface area contributed by atoms with Gasteiger partial charge in [0.25, 0.3) is 0 Å². The molecule has 0 aliphatic carbocycles. The highest BCUT2D eigenvalue weighted by atomic mass is 32.2. The summed E-state index contributed by atoms with van der Waals surface area (Å²) in [5, 5.41) is 14.7. The molecule has 0 unspecified atom stereocenters. The number of benzene rings is 2. The van der Waals surface area contributed by atoms with Crippen LogP contribution in [0.1, 0.15) is 29.9 Å². The fourth-order valence-corrected chi connectivity index (χ4v) is 6.92. The first-order valence-corrected chi connectivity index (χ1v) is 13.5. The van der Waals surface area contributed by atoms with E-state index in [1.54, 1.807) is 34.9 Å². The summed E-state index contributed by atoms with van der Waals surface area (Å²) >= 11 is 5.07. The Bertz CT molecular complexity index is 1490. The second-order valence-electron chi connectivity index (χ2n) is 8.62. The van der Waals surface area contributed by atoms with Gasteiger partial charge in [0.05, 0.1) is 17.6 Å². The molecule has 0 spiro atoms. The Kier molecular flexibility index (Phi) is 4.94. The van der Waals surface area contributed by atoms with Gasteiger partial charge in [-0.1, -0.05) is 66.0 Å². The van der Waals surface area contributed by atoms with Crippen LogP contribution in [0.2, 0.25) is 0 Å². The lowest BCUT2D eigenvalue weighted by Crippen LogP contribution is -2.31. The number of aromatic nitrogens is 4. The topological polar surface area (TPSA) is 52.3 Å². The second kappa shape index (κ2) is 7.73. The maximum absolute atomic E-state index is 6.04. The van der Waals surface area contributed by atoms with Crippen molar-refractivity contribution < 1.29 is 4.74 Å². The van der Waals surface area contributed by atoms with Crippen LogP contribution in [0.3, 0.4) is 0 Å². The van der Waals surface area contributed by atoms with Crippen LogP contribution in [0.5, 0.6) is 0 Å². The Morgan fingerprint density at radius 3 is 2.78 bits per heavy atom. The monoisotopic (exact) mass is 478 g/mol. The Balaban J connectivity index is 1.42. The van der Waals surface area contributed by atoms with E-state index in [4.69, 9.17) is 9.72 Å². The van der Waals surface area contributed by atoms with Crippen LogP contribution in [-0.2, 0) is 23.5 Å². The first-order chi connectivity index (χ1) is 15.5. The predicted octanol–water partition coefficient (Wildman–Crippen LogP) is 6.36. The van der Waals surface area contributed by atoms with Gasteiger partial charge in [0.1, 0.15) is 4.83 Å². The van der Waals surface area contributed by atoms with E-state index in [0.717, 1.165) is 38.4 Å². The number of thiophene rings is 1. The van der Waals surface area contributed by atoms with Crippen molar-refractivity contribution >= 4 is 61.5 Å². The van der Waals surface area contributed by atoms with Gasteiger partial charge in [-0.05, 0) is 42.0 Å². The third-order valence-electron chi connectivity index (χ3n) is 5.88. The molecule has 3 aromatic heterocycles. The molecule has 6 rings (SSSR count). The molecule has 0 radical (unpaired) electrons. The summed E-state index contributed by atoms with van der Waals surface area (Å²) in [5.74, 6) is 0.833. The van der Waals surface area contributed by atoms with Crippen LogP contribution in [0, 0.1) is 0 Å². The Hall–Kier alpha value is -2.13. The Labute approximate surface area is 198 Å². The summed E-state index contributed by atoms with van der Waals surface area (Å²) in [7, 11) is 0. The zero-order valence-electron chi connectivity index (χ0n) is 18.1. The van der Waals surface area contributed by atoms with Gasteiger partial charge in [-0.3, -0.25) is 0 Å². The summed E-state index contributed by atoms with van der Waals surface area (Å²) in [6, 6.07) is 15.1. The van der Waals surface area contributed by atoms with E-state index in [1.807, 2.05) is 0 Å². The van der Waals surface area contributed by atoms with E-state index >= 15 is 0 Å². The van der Waals surface area contributed by atoms with Crippen molar-refractivity contribution in [3.05, 3.63) is 58.5 Å². The molecule has 1 aliphatic heterocycles. The molecule has 2 aromatic carbocycles. The number of rotatable bonds is 4. The van der Waals surface area contributed by atoms with E-state index in [-0.39, 0.29) is 5.60 Å². The summed E-state index contributed by atoms with van der Waals surface area (Å²) in [6.07, 6.45) is 2.93. The van der Waals surface area contributed by atoms with Gasteiger partial charge in [-0.25, -0.2) is 9.38 Å². The summed E-state index contributed by atoms with van der Waals surface area (Å²) in [5.41, 5.74) is 3.33. The van der Waals surface area contributed by atoms with Gasteiger partial charge in [0, 0.05) is 17.1 Å². The lowest BCUT2D eigenvalue weighted by atomic mass is 9.94.